The van der Waals surface area contributed by atoms with Gasteiger partial charge in [-0.3, -0.25) is 0 Å². The van der Waals surface area contributed by atoms with Crippen LogP contribution in [0.5, 0.6) is 0 Å². The van der Waals surface area contributed by atoms with Crippen LogP contribution in [0.1, 0.15) is 21.0 Å². The number of carboxylic acid groups (broad SMARTS) is 2. The maximum absolute atomic E-state index is 11.1. The van der Waals surface area contributed by atoms with Gasteiger partial charge in [0.1, 0.15) is 11.4 Å². The molecule has 0 unspecified atom stereocenters. The first-order valence-corrected chi connectivity index (χ1v) is 6.15. The van der Waals surface area contributed by atoms with Crippen molar-refractivity contribution in [3.8, 4) is 11.1 Å². The van der Waals surface area contributed by atoms with Crippen LogP contribution in [0.4, 0.5) is 5.69 Å². The zero-order valence-electron chi connectivity index (χ0n) is 11.6. The Morgan fingerprint density at radius 2 is 1.52 bits per heavy atom. The van der Waals surface area contributed by atoms with Gasteiger partial charge in [0, 0.05) is 19.8 Å². The van der Waals surface area contributed by atoms with Gasteiger partial charge >= 0.3 is 11.9 Å². The molecule has 0 spiro atoms. The average Bonchev–Trinajstić information content (AvgIpc) is 2.46. The molecule has 0 saturated carbocycles. The number of aromatic nitrogens is 1. The number of hydrogen-bond acceptors (Lipinski definition) is 4. The van der Waals surface area contributed by atoms with Gasteiger partial charge in [0.15, 0.2) is 0 Å². The summed E-state index contributed by atoms with van der Waals surface area (Å²) in [5.74, 6) is -2.52. The third-order valence-electron chi connectivity index (χ3n) is 2.96. The van der Waals surface area contributed by atoms with Crippen molar-refractivity contribution in [2.75, 3.05) is 19.0 Å². The minimum Gasteiger partial charge on any atom is -0.477 e. The second kappa shape index (κ2) is 5.62. The van der Waals surface area contributed by atoms with Crippen LogP contribution < -0.4 is 4.90 Å². The lowest BCUT2D eigenvalue weighted by Crippen LogP contribution is -2.09. The van der Waals surface area contributed by atoms with Gasteiger partial charge in [-0.2, -0.15) is 0 Å². The zero-order chi connectivity index (χ0) is 15.6. The van der Waals surface area contributed by atoms with Gasteiger partial charge in [-0.05, 0) is 35.4 Å². The van der Waals surface area contributed by atoms with Crippen LogP contribution >= 0.6 is 0 Å². The highest BCUT2D eigenvalue weighted by Gasteiger charge is 2.14. The fourth-order valence-corrected chi connectivity index (χ4v) is 1.88. The number of nitrogens with zero attached hydrogens (tertiary/aromatic N) is 2. The largest absolute Gasteiger partial charge is 0.477 e. The molecule has 0 radical (unpaired) electrons. The summed E-state index contributed by atoms with van der Waals surface area (Å²) in [5.41, 5.74) is 1.58. The summed E-state index contributed by atoms with van der Waals surface area (Å²) in [5, 5.41) is 18.1. The molecule has 1 aromatic carbocycles. The Morgan fingerprint density at radius 1 is 0.952 bits per heavy atom. The number of rotatable bonds is 4. The van der Waals surface area contributed by atoms with Gasteiger partial charge in [-0.1, -0.05) is 12.1 Å². The summed E-state index contributed by atoms with van der Waals surface area (Å²) < 4.78 is 0. The molecular weight excluding hydrogens is 272 g/mol. The normalized spacial score (nSPS) is 10.2. The molecule has 2 N–H and O–H groups in total. The standard InChI is InChI=1S/C15H14N2O4/c1-17(2)11-5-3-4-9(6-11)10-7-12(14(18)19)16-13(8-10)15(20)21/h3-8H,1-2H3,(H,18,19)(H,20,21). The number of benzene rings is 1. The Kier molecular flexibility index (Phi) is 3.89. The molecule has 21 heavy (non-hydrogen) atoms. The number of anilines is 1. The molecule has 0 amide bonds. The highest BCUT2D eigenvalue weighted by molar-refractivity contribution is 5.92. The number of carboxylic acids is 2. The first-order valence-electron chi connectivity index (χ1n) is 6.15. The summed E-state index contributed by atoms with van der Waals surface area (Å²) in [4.78, 5) is 27.7. The Bertz CT molecular complexity index is 678. The van der Waals surface area contributed by atoms with Crippen LogP contribution in [-0.2, 0) is 0 Å². The van der Waals surface area contributed by atoms with Crippen LogP contribution in [0, 0.1) is 0 Å². The summed E-state index contributed by atoms with van der Waals surface area (Å²) in [6.45, 7) is 0. The van der Waals surface area contributed by atoms with Crippen molar-refractivity contribution in [1.82, 2.24) is 4.98 Å². The van der Waals surface area contributed by atoms with Crippen LogP contribution in [0.15, 0.2) is 36.4 Å². The van der Waals surface area contributed by atoms with E-state index >= 15 is 0 Å². The van der Waals surface area contributed by atoms with Gasteiger partial charge in [-0.15, -0.1) is 0 Å². The van der Waals surface area contributed by atoms with E-state index in [0.717, 1.165) is 11.3 Å². The van der Waals surface area contributed by atoms with E-state index < -0.39 is 11.9 Å². The minimum atomic E-state index is -1.26. The van der Waals surface area contributed by atoms with E-state index in [4.69, 9.17) is 10.2 Å². The van der Waals surface area contributed by atoms with Crippen LogP contribution in [0.3, 0.4) is 0 Å². The molecule has 1 heterocycles. The molecule has 2 rings (SSSR count). The highest BCUT2D eigenvalue weighted by atomic mass is 16.4. The fourth-order valence-electron chi connectivity index (χ4n) is 1.88. The monoisotopic (exact) mass is 286 g/mol. The maximum Gasteiger partial charge on any atom is 0.354 e. The summed E-state index contributed by atoms with van der Waals surface area (Å²) in [6, 6.07) is 10.1. The third kappa shape index (κ3) is 3.17. The smallest absolute Gasteiger partial charge is 0.354 e. The lowest BCUT2D eigenvalue weighted by Gasteiger charge is -2.14. The molecule has 0 atom stereocenters. The van der Waals surface area contributed by atoms with Crippen LogP contribution in [0.2, 0.25) is 0 Å². The van der Waals surface area contributed by atoms with Crippen LogP contribution in [0.25, 0.3) is 11.1 Å². The molecule has 6 nitrogen and oxygen atoms in total. The molecule has 108 valence electrons. The molecule has 0 aliphatic carbocycles. The third-order valence-corrected chi connectivity index (χ3v) is 2.96. The van der Waals surface area contributed by atoms with Crippen molar-refractivity contribution in [2.45, 2.75) is 0 Å². The molecular formula is C15H14N2O4. The van der Waals surface area contributed by atoms with E-state index in [9.17, 15) is 9.59 Å². The first-order chi connectivity index (χ1) is 9.88. The average molecular weight is 286 g/mol. The topological polar surface area (TPSA) is 90.7 Å². The Hall–Kier alpha value is -2.89. The Labute approximate surface area is 121 Å². The number of hydrogen-bond donors (Lipinski definition) is 2. The van der Waals surface area contributed by atoms with Gasteiger partial charge in [0.05, 0.1) is 0 Å². The van der Waals surface area contributed by atoms with Gasteiger partial charge in [0.25, 0.3) is 0 Å². The van der Waals surface area contributed by atoms with Crippen molar-refractivity contribution in [3.05, 3.63) is 47.8 Å². The highest BCUT2D eigenvalue weighted by Crippen LogP contribution is 2.25. The molecule has 0 fully saturated rings. The van der Waals surface area contributed by atoms with Crippen molar-refractivity contribution in [1.29, 1.82) is 0 Å². The number of carbonyl (C=O) groups is 2. The number of pyridine rings is 1. The van der Waals surface area contributed by atoms with Crippen molar-refractivity contribution < 1.29 is 19.8 Å². The molecule has 0 aliphatic heterocycles. The van der Waals surface area contributed by atoms with Crippen molar-refractivity contribution in [3.63, 3.8) is 0 Å². The minimum absolute atomic E-state index is 0.292. The molecule has 0 saturated heterocycles. The summed E-state index contributed by atoms with van der Waals surface area (Å²) in [7, 11) is 3.77. The number of aromatic carboxylic acids is 2. The Balaban J connectivity index is 2.60. The van der Waals surface area contributed by atoms with Gasteiger partial charge < -0.3 is 15.1 Å². The van der Waals surface area contributed by atoms with Gasteiger partial charge in [-0.25, -0.2) is 14.6 Å². The quantitative estimate of drug-likeness (QED) is 0.895. The summed E-state index contributed by atoms with van der Waals surface area (Å²) in [6.07, 6.45) is 0. The lowest BCUT2D eigenvalue weighted by atomic mass is 10.0. The molecule has 1 aromatic heterocycles. The second-order valence-corrected chi connectivity index (χ2v) is 4.68. The van der Waals surface area contributed by atoms with E-state index in [1.54, 1.807) is 6.07 Å². The molecule has 0 aliphatic rings. The fraction of sp³-hybridized carbons (Fsp3) is 0.133. The first kappa shape index (κ1) is 14.5. The summed E-state index contributed by atoms with van der Waals surface area (Å²) >= 11 is 0. The van der Waals surface area contributed by atoms with Crippen LogP contribution in [-0.4, -0.2) is 41.2 Å². The van der Waals surface area contributed by atoms with E-state index in [1.165, 1.54) is 12.1 Å². The van der Waals surface area contributed by atoms with Crippen molar-refractivity contribution >= 4 is 17.6 Å². The predicted molar refractivity (Wildman–Crippen MR) is 77.9 cm³/mol. The predicted octanol–water partition coefficient (Wildman–Crippen LogP) is 2.21. The van der Waals surface area contributed by atoms with E-state index in [-0.39, 0.29) is 11.4 Å². The molecule has 0 bridgehead atoms. The van der Waals surface area contributed by atoms with E-state index in [0.29, 0.717) is 5.56 Å². The second-order valence-electron chi connectivity index (χ2n) is 4.68. The SMILES string of the molecule is CN(C)c1cccc(-c2cc(C(=O)O)nc(C(=O)O)c2)c1. The molecule has 6 heteroatoms. The van der Waals surface area contributed by atoms with E-state index in [1.807, 2.05) is 37.2 Å². The van der Waals surface area contributed by atoms with Gasteiger partial charge in [0.2, 0.25) is 0 Å². The lowest BCUT2D eigenvalue weighted by molar-refractivity contribution is 0.0685. The molecule has 2 aromatic rings. The maximum atomic E-state index is 11.1. The van der Waals surface area contributed by atoms with E-state index in [2.05, 4.69) is 4.98 Å². The zero-order valence-corrected chi connectivity index (χ0v) is 11.6. The Morgan fingerprint density at radius 3 is 2.00 bits per heavy atom. The van der Waals surface area contributed by atoms with Crippen molar-refractivity contribution in [2.24, 2.45) is 0 Å².